The number of benzene rings is 1. The molecule has 1 aliphatic heterocycles. The predicted molar refractivity (Wildman–Crippen MR) is 104 cm³/mol. The van der Waals surface area contributed by atoms with E-state index in [-0.39, 0.29) is 31.0 Å². The van der Waals surface area contributed by atoms with Gasteiger partial charge in [0.1, 0.15) is 12.3 Å². The van der Waals surface area contributed by atoms with Crippen LogP contribution in [-0.4, -0.2) is 41.6 Å². The lowest BCUT2D eigenvalue weighted by Crippen LogP contribution is -2.32. The van der Waals surface area contributed by atoms with Gasteiger partial charge in [0.25, 0.3) is 5.91 Å². The van der Waals surface area contributed by atoms with Crippen LogP contribution < -0.4 is 10.6 Å². The fourth-order valence-electron chi connectivity index (χ4n) is 3.03. The van der Waals surface area contributed by atoms with Crippen LogP contribution in [0.2, 0.25) is 0 Å². The summed E-state index contributed by atoms with van der Waals surface area (Å²) in [5.41, 5.74) is 1.84. The molecule has 0 spiro atoms. The lowest BCUT2D eigenvalue weighted by atomic mass is 10.1. The molecule has 2 aromatic rings. The standard InChI is InChI=1S/C19H23F3N4O2.ClH/c20-19(21,22)13-28-12-15-5-3-14(4-6-15)10-24-18(27)17-7-9-26(25-17)16-2-1-8-23-11-16;/h3-7,9,16,23H,1-2,8,10-13H2,(H,24,27);1H. The zero-order valence-electron chi connectivity index (χ0n) is 15.7. The zero-order chi connectivity index (χ0) is 20.0. The molecule has 29 heavy (non-hydrogen) atoms. The molecule has 3 rings (SSSR count). The highest BCUT2D eigenvalue weighted by Crippen LogP contribution is 2.17. The Labute approximate surface area is 173 Å². The Kier molecular flexibility index (Phi) is 8.48. The maximum atomic E-state index is 12.3. The number of halogens is 4. The maximum Gasteiger partial charge on any atom is 0.411 e. The molecule has 0 bridgehead atoms. The van der Waals surface area contributed by atoms with E-state index < -0.39 is 12.8 Å². The average molecular weight is 433 g/mol. The lowest BCUT2D eigenvalue weighted by molar-refractivity contribution is -0.176. The summed E-state index contributed by atoms with van der Waals surface area (Å²) >= 11 is 0. The van der Waals surface area contributed by atoms with Gasteiger partial charge in [-0.25, -0.2) is 0 Å². The van der Waals surface area contributed by atoms with Crippen LogP contribution in [0.4, 0.5) is 13.2 Å². The van der Waals surface area contributed by atoms with E-state index in [4.69, 9.17) is 0 Å². The number of hydrogen-bond acceptors (Lipinski definition) is 4. The molecule has 0 radical (unpaired) electrons. The van der Waals surface area contributed by atoms with Crippen molar-refractivity contribution in [3.63, 3.8) is 0 Å². The van der Waals surface area contributed by atoms with Crippen LogP contribution >= 0.6 is 12.4 Å². The van der Waals surface area contributed by atoms with Gasteiger partial charge in [0, 0.05) is 19.3 Å². The Bertz CT molecular complexity index is 775. The molecule has 10 heteroatoms. The molecule has 160 valence electrons. The fourth-order valence-corrected chi connectivity index (χ4v) is 3.03. The topological polar surface area (TPSA) is 68.2 Å². The Hall–Kier alpha value is -2.10. The second-order valence-electron chi connectivity index (χ2n) is 6.79. The molecule has 1 unspecified atom stereocenters. The van der Waals surface area contributed by atoms with Gasteiger partial charge in [-0.3, -0.25) is 9.48 Å². The molecule has 1 aromatic heterocycles. The van der Waals surface area contributed by atoms with E-state index in [0.717, 1.165) is 31.5 Å². The number of nitrogens with one attached hydrogen (secondary N) is 2. The van der Waals surface area contributed by atoms with Gasteiger partial charge in [-0.15, -0.1) is 12.4 Å². The number of hydrogen-bond donors (Lipinski definition) is 2. The smallest absolute Gasteiger partial charge is 0.367 e. The minimum Gasteiger partial charge on any atom is -0.367 e. The van der Waals surface area contributed by atoms with Crippen molar-refractivity contribution in [3.8, 4) is 0 Å². The number of piperidine rings is 1. The molecule has 2 N–H and O–H groups in total. The highest BCUT2D eigenvalue weighted by molar-refractivity contribution is 5.92. The van der Waals surface area contributed by atoms with Crippen LogP contribution in [0.1, 0.15) is 40.5 Å². The summed E-state index contributed by atoms with van der Waals surface area (Å²) in [5, 5.41) is 10.5. The van der Waals surface area contributed by atoms with Crippen LogP contribution in [0.25, 0.3) is 0 Å². The van der Waals surface area contributed by atoms with Crippen LogP contribution in [0.3, 0.4) is 0 Å². The molecule has 1 atom stereocenters. The number of ether oxygens (including phenoxy) is 1. The van der Waals surface area contributed by atoms with E-state index >= 15 is 0 Å². The van der Waals surface area contributed by atoms with Crippen LogP contribution in [0.5, 0.6) is 0 Å². The third kappa shape index (κ3) is 7.34. The summed E-state index contributed by atoms with van der Waals surface area (Å²) in [6.45, 7) is 0.786. The molecule has 6 nitrogen and oxygen atoms in total. The van der Waals surface area contributed by atoms with Crippen LogP contribution in [0, 0.1) is 0 Å². The average Bonchev–Trinajstić information content (AvgIpc) is 3.17. The second-order valence-corrected chi connectivity index (χ2v) is 6.79. The molecule has 1 saturated heterocycles. The first kappa shape index (κ1) is 23.2. The van der Waals surface area contributed by atoms with Crippen molar-refractivity contribution in [1.82, 2.24) is 20.4 Å². The number of nitrogens with zero attached hydrogens (tertiary/aromatic N) is 2. The van der Waals surface area contributed by atoms with Gasteiger partial charge in [0.05, 0.1) is 12.6 Å². The first-order valence-electron chi connectivity index (χ1n) is 9.17. The van der Waals surface area contributed by atoms with Crippen LogP contribution in [-0.2, 0) is 17.9 Å². The van der Waals surface area contributed by atoms with Gasteiger partial charge < -0.3 is 15.4 Å². The van der Waals surface area contributed by atoms with Crippen molar-refractivity contribution in [3.05, 3.63) is 53.3 Å². The third-order valence-corrected chi connectivity index (χ3v) is 4.50. The van der Waals surface area contributed by atoms with Gasteiger partial charge in [0.15, 0.2) is 0 Å². The zero-order valence-corrected chi connectivity index (χ0v) is 16.6. The van der Waals surface area contributed by atoms with Gasteiger partial charge in [-0.1, -0.05) is 24.3 Å². The first-order chi connectivity index (χ1) is 13.4. The number of carbonyl (C=O) groups is 1. The van der Waals surface area contributed by atoms with E-state index in [1.807, 2.05) is 10.9 Å². The second kappa shape index (κ2) is 10.6. The third-order valence-electron chi connectivity index (χ3n) is 4.50. The predicted octanol–water partition coefficient (Wildman–Crippen LogP) is 3.24. The van der Waals surface area contributed by atoms with Crippen LogP contribution in [0.15, 0.2) is 36.5 Å². The minimum absolute atomic E-state index is 0. The Morgan fingerprint density at radius 3 is 2.62 bits per heavy atom. The lowest BCUT2D eigenvalue weighted by Gasteiger charge is -2.22. The van der Waals surface area contributed by atoms with Gasteiger partial charge in [-0.05, 0) is 36.6 Å². The normalized spacial score (nSPS) is 16.9. The Morgan fingerprint density at radius 2 is 1.97 bits per heavy atom. The van der Waals surface area contributed by atoms with Gasteiger partial charge >= 0.3 is 6.18 Å². The summed E-state index contributed by atoms with van der Waals surface area (Å²) in [6, 6.07) is 8.83. The summed E-state index contributed by atoms with van der Waals surface area (Å²) in [4.78, 5) is 12.3. The monoisotopic (exact) mass is 432 g/mol. The molecule has 0 aliphatic carbocycles. The van der Waals surface area contributed by atoms with Crippen molar-refractivity contribution in [2.45, 2.75) is 38.2 Å². The van der Waals surface area contributed by atoms with E-state index in [1.54, 1.807) is 30.3 Å². The molecule has 1 aromatic carbocycles. The fraction of sp³-hybridized carbons (Fsp3) is 0.474. The number of amides is 1. The van der Waals surface area contributed by atoms with E-state index in [9.17, 15) is 18.0 Å². The van der Waals surface area contributed by atoms with E-state index in [0.29, 0.717) is 17.8 Å². The van der Waals surface area contributed by atoms with Crippen molar-refractivity contribution in [1.29, 1.82) is 0 Å². The number of alkyl halides is 3. The van der Waals surface area contributed by atoms with Crippen molar-refractivity contribution in [2.24, 2.45) is 0 Å². The van der Waals surface area contributed by atoms with Crippen molar-refractivity contribution in [2.75, 3.05) is 19.7 Å². The first-order valence-corrected chi connectivity index (χ1v) is 9.17. The maximum absolute atomic E-state index is 12.3. The molecule has 1 amide bonds. The molecule has 0 saturated carbocycles. The largest absolute Gasteiger partial charge is 0.411 e. The number of carbonyl (C=O) groups excluding carboxylic acids is 1. The van der Waals surface area contributed by atoms with Gasteiger partial charge in [-0.2, -0.15) is 18.3 Å². The summed E-state index contributed by atoms with van der Waals surface area (Å²) in [6.07, 6.45) is -0.384. The minimum atomic E-state index is -4.33. The quantitative estimate of drug-likeness (QED) is 0.705. The van der Waals surface area contributed by atoms with Gasteiger partial charge in [0.2, 0.25) is 0 Å². The van der Waals surface area contributed by atoms with E-state index in [2.05, 4.69) is 20.5 Å². The van der Waals surface area contributed by atoms with Crippen molar-refractivity contribution < 1.29 is 22.7 Å². The molecular formula is C19H24ClF3N4O2. The Balaban J connectivity index is 0.00000300. The highest BCUT2D eigenvalue weighted by Gasteiger charge is 2.27. The van der Waals surface area contributed by atoms with E-state index in [1.165, 1.54) is 0 Å². The van der Waals surface area contributed by atoms with Crippen molar-refractivity contribution >= 4 is 18.3 Å². The summed E-state index contributed by atoms with van der Waals surface area (Å²) in [7, 11) is 0. The number of rotatable bonds is 7. The molecule has 1 fully saturated rings. The summed E-state index contributed by atoms with van der Waals surface area (Å²) in [5.74, 6) is -0.264. The SMILES string of the molecule is Cl.O=C(NCc1ccc(COCC(F)(F)F)cc1)c1ccn(C2CCCNC2)n1. The molecule has 1 aliphatic rings. The molecular weight excluding hydrogens is 409 g/mol. The number of aromatic nitrogens is 2. The molecule has 2 heterocycles. The summed E-state index contributed by atoms with van der Waals surface area (Å²) < 4.78 is 42.7. The highest BCUT2D eigenvalue weighted by atomic mass is 35.5. The Morgan fingerprint density at radius 1 is 1.24 bits per heavy atom.